The van der Waals surface area contributed by atoms with Crippen LogP contribution in [0.2, 0.25) is 0 Å². The Labute approximate surface area is 114 Å². The van der Waals surface area contributed by atoms with E-state index in [1.807, 2.05) is 30.3 Å². The van der Waals surface area contributed by atoms with Gasteiger partial charge in [0.1, 0.15) is 0 Å². The molecule has 2 N–H and O–H groups in total. The number of carbonyl (C=O) groups is 1. The Bertz CT molecular complexity index is 437. The van der Waals surface area contributed by atoms with Crippen LogP contribution in [0.25, 0.3) is 0 Å². The first-order valence-corrected chi connectivity index (χ1v) is 7.34. The first kappa shape index (κ1) is 12.7. The zero-order valence-electron chi connectivity index (χ0n) is 11.3. The fourth-order valence-corrected chi connectivity index (χ4v) is 2.55. The molecule has 0 bridgehead atoms. The van der Waals surface area contributed by atoms with E-state index in [1.54, 1.807) is 0 Å². The van der Waals surface area contributed by atoms with E-state index in [-0.39, 0.29) is 11.9 Å². The highest BCUT2D eigenvalue weighted by atomic mass is 16.2. The van der Waals surface area contributed by atoms with E-state index in [2.05, 4.69) is 4.90 Å². The summed E-state index contributed by atoms with van der Waals surface area (Å²) in [5, 5.41) is 0. The number of benzene rings is 1. The lowest BCUT2D eigenvalue weighted by Crippen LogP contribution is -2.46. The van der Waals surface area contributed by atoms with E-state index in [9.17, 15) is 4.79 Å². The van der Waals surface area contributed by atoms with Gasteiger partial charge in [0.25, 0.3) is 0 Å². The van der Waals surface area contributed by atoms with Gasteiger partial charge in [-0.2, -0.15) is 0 Å². The average molecular weight is 258 g/mol. The highest BCUT2D eigenvalue weighted by Crippen LogP contribution is 2.35. The van der Waals surface area contributed by atoms with Crippen molar-refractivity contribution in [2.24, 2.45) is 11.7 Å². The summed E-state index contributed by atoms with van der Waals surface area (Å²) in [5.74, 6) is 0.895. The molecular formula is C16H22N2O. The number of carbonyl (C=O) groups excluding carboxylic acids is 1. The van der Waals surface area contributed by atoms with Crippen LogP contribution in [0.4, 0.5) is 0 Å². The van der Waals surface area contributed by atoms with Crippen LogP contribution < -0.4 is 5.73 Å². The van der Waals surface area contributed by atoms with E-state index in [1.165, 1.54) is 12.8 Å². The summed E-state index contributed by atoms with van der Waals surface area (Å²) in [6.07, 6.45) is 5.54. The van der Waals surface area contributed by atoms with Crippen molar-refractivity contribution >= 4 is 5.91 Å². The van der Waals surface area contributed by atoms with Gasteiger partial charge in [-0.1, -0.05) is 30.3 Å². The molecule has 3 nitrogen and oxygen atoms in total. The van der Waals surface area contributed by atoms with Crippen molar-refractivity contribution in [3.05, 3.63) is 35.9 Å². The van der Waals surface area contributed by atoms with Crippen LogP contribution in [-0.2, 0) is 11.2 Å². The molecule has 0 spiro atoms. The SMILES string of the molecule is NC(Cc1ccccc1)C(=O)N(CC1CC1)C1CC1. The summed E-state index contributed by atoms with van der Waals surface area (Å²) >= 11 is 0. The van der Waals surface area contributed by atoms with Crippen LogP contribution in [0.1, 0.15) is 31.2 Å². The second kappa shape index (κ2) is 5.33. The van der Waals surface area contributed by atoms with Crippen molar-refractivity contribution in [3.8, 4) is 0 Å². The minimum absolute atomic E-state index is 0.151. The molecule has 0 saturated heterocycles. The number of amides is 1. The molecule has 19 heavy (non-hydrogen) atoms. The molecule has 102 valence electrons. The number of nitrogens with zero attached hydrogens (tertiary/aromatic N) is 1. The van der Waals surface area contributed by atoms with Gasteiger partial charge in [0, 0.05) is 12.6 Å². The predicted octanol–water partition coefficient (Wildman–Crippen LogP) is 1.96. The molecule has 0 radical (unpaired) electrons. The zero-order chi connectivity index (χ0) is 13.2. The molecule has 1 atom stereocenters. The average Bonchev–Trinajstić information content (AvgIpc) is 3.28. The van der Waals surface area contributed by atoms with E-state index < -0.39 is 0 Å². The van der Waals surface area contributed by atoms with Crippen LogP contribution in [0.15, 0.2) is 30.3 Å². The summed E-state index contributed by atoms with van der Waals surface area (Å²) in [7, 11) is 0. The summed E-state index contributed by atoms with van der Waals surface area (Å²) < 4.78 is 0. The molecule has 0 heterocycles. The highest BCUT2D eigenvalue weighted by molar-refractivity contribution is 5.82. The zero-order valence-corrected chi connectivity index (χ0v) is 11.3. The van der Waals surface area contributed by atoms with Gasteiger partial charge in [0.2, 0.25) is 5.91 Å². The smallest absolute Gasteiger partial charge is 0.240 e. The van der Waals surface area contributed by atoms with Gasteiger partial charge in [-0.05, 0) is 43.6 Å². The largest absolute Gasteiger partial charge is 0.338 e. The Morgan fingerprint density at radius 1 is 1.21 bits per heavy atom. The van der Waals surface area contributed by atoms with Gasteiger partial charge in [0.05, 0.1) is 6.04 Å². The van der Waals surface area contributed by atoms with Crippen molar-refractivity contribution in [1.82, 2.24) is 4.90 Å². The maximum atomic E-state index is 12.5. The molecule has 2 aliphatic rings. The Kier molecular flexibility index (Phi) is 3.56. The number of hydrogen-bond donors (Lipinski definition) is 1. The summed E-state index contributed by atoms with van der Waals surface area (Å²) in [6.45, 7) is 0.936. The normalized spacial score (nSPS) is 20.1. The van der Waals surface area contributed by atoms with Crippen molar-refractivity contribution in [1.29, 1.82) is 0 Å². The van der Waals surface area contributed by atoms with E-state index >= 15 is 0 Å². The van der Waals surface area contributed by atoms with E-state index in [4.69, 9.17) is 5.73 Å². The monoisotopic (exact) mass is 258 g/mol. The second-order valence-electron chi connectivity index (χ2n) is 5.96. The lowest BCUT2D eigenvalue weighted by Gasteiger charge is -2.25. The second-order valence-corrected chi connectivity index (χ2v) is 5.96. The van der Waals surface area contributed by atoms with Crippen LogP contribution >= 0.6 is 0 Å². The molecule has 0 aliphatic heterocycles. The van der Waals surface area contributed by atoms with Gasteiger partial charge < -0.3 is 10.6 Å². The maximum absolute atomic E-state index is 12.5. The Morgan fingerprint density at radius 2 is 1.89 bits per heavy atom. The molecule has 2 saturated carbocycles. The van der Waals surface area contributed by atoms with Gasteiger partial charge in [-0.15, -0.1) is 0 Å². The van der Waals surface area contributed by atoms with E-state index in [0.717, 1.165) is 30.9 Å². The summed E-state index contributed by atoms with van der Waals surface area (Å²) in [5.41, 5.74) is 7.26. The third-order valence-corrected chi connectivity index (χ3v) is 4.04. The minimum Gasteiger partial charge on any atom is -0.338 e. The lowest BCUT2D eigenvalue weighted by atomic mass is 10.1. The fraction of sp³-hybridized carbons (Fsp3) is 0.562. The fourth-order valence-electron chi connectivity index (χ4n) is 2.55. The third-order valence-electron chi connectivity index (χ3n) is 4.04. The quantitative estimate of drug-likeness (QED) is 0.848. The molecule has 1 aromatic rings. The van der Waals surface area contributed by atoms with E-state index in [0.29, 0.717) is 12.5 Å². The molecule has 2 aliphatic carbocycles. The number of nitrogens with two attached hydrogens (primary N) is 1. The van der Waals surface area contributed by atoms with Gasteiger partial charge >= 0.3 is 0 Å². The highest BCUT2D eigenvalue weighted by Gasteiger charge is 2.37. The Hall–Kier alpha value is -1.35. The Morgan fingerprint density at radius 3 is 2.47 bits per heavy atom. The molecule has 0 aromatic heterocycles. The predicted molar refractivity (Wildman–Crippen MR) is 75.6 cm³/mol. The number of rotatable bonds is 6. The van der Waals surface area contributed by atoms with Crippen LogP contribution in [0.3, 0.4) is 0 Å². The van der Waals surface area contributed by atoms with Crippen molar-refractivity contribution in [3.63, 3.8) is 0 Å². The topological polar surface area (TPSA) is 46.3 Å². The first-order chi connectivity index (χ1) is 9.24. The van der Waals surface area contributed by atoms with Gasteiger partial charge in [0.15, 0.2) is 0 Å². The molecule has 3 rings (SSSR count). The van der Waals surface area contributed by atoms with Gasteiger partial charge in [-0.25, -0.2) is 0 Å². The summed E-state index contributed by atoms with van der Waals surface area (Å²) in [6, 6.07) is 10.1. The molecular weight excluding hydrogens is 236 g/mol. The first-order valence-electron chi connectivity index (χ1n) is 7.34. The molecule has 2 fully saturated rings. The Balaban J connectivity index is 1.60. The van der Waals surface area contributed by atoms with Crippen molar-refractivity contribution in [2.75, 3.05) is 6.54 Å². The minimum atomic E-state index is -0.387. The van der Waals surface area contributed by atoms with Crippen molar-refractivity contribution in [2.45, 2.75) is 44.2 Å². The van der Waals surface area contributed by atoms with Crippen molar-refractivity contribution < 1.29 is 4.79 Å². The van der Waals surface area contributed by atoms with Crippen LogP contribution in [0.5, 0.6) is 0 Å². The molecule has 1 unspecified atom stereocenters. The lowest BCUT2D eigenvalue weighted by molar-refractivity contribution is -0.133. The molecule has 1 amide bonds. The van der Waals surface area contributed by atoms with Gasteiger partial charge in [-0.3, -0.25) is 4.79 Å². The maximum Gasteiger partial charge on any atom is 0.240 e. The third kappa shape index (κ3) is 3.35. The van der Waals surface area contributed by atoms with Crippen LogP contribution in [-0.4, -0.2) is 29.4 Å². The number of hydrogen-bond acceptors (Lipinski definition) is 2. The molecule has 3 heteroatoms. The molecule has 1 aromatic carbocycles. The summed E-state index contributed by atoms with van der Waals surface area (Å²) in [4.78, 5) is 14.6. The standard InChI is InChI=1S/C16H22N2O/c17-15(10-12-4-2-1-3-5-12)16(19)18(14-8-9-14)11-13-6-7-13/h1-5,13-15H,6-11,17H2. The van der Waals surface area contributed by atoms with Crippen LogP contribution in [0, 0.1) is 5.92 Å².